The lowest BCUT2D eigenvalue weighted by molar-refractivity contribution is -0.128. The van der Waals surface area contributed by atoms with Crippen LogP contribution in [-0.4, -0.2) is 58.5 Å². The number of carbonyl (C=O) groups is 3. The summed E-state index contributed by atoms with van der Waals surface area (Å²) in [6.07, 6.45) is 1.43. The van der Waals surface area contributed by atoms with Crippen LogP contribution in [0.25, 0.3) is 0 Å². The number of carboxylic acid groups (broad SMARTS) is 1. The van der Waals surface area contributed by atoms with E-state index in [4.69, 9.17) is 9.84 Å². The molecule has 8 heteroatoms. The Morgan fingerprint density at radius 3 is 2.67 bits per heavy atom. The Morgan fingerprint density at radius 1 is 1.22 bits per heavy atom. The smallest absolute Gasteiger partial charge is 0.354 e. The highest BCUT2D eigenvalue weighted by Gasteiger charge is 2.30. The normalized spacial score (nSPS) is 16.2. The van der Waals surface area contributed by atoms with Crippen molar-refractivity contribution >= 4 is 17.8 Å². The van der Waals surface area contributed by atoms with Crippen LogP contribution in [0.3, 0.4) is 0 Å². The number of ether oxygens (including phenoxy) is 1. The molecule has 2 aromatic rings. The molecule has 0 unspecified atom stereocenters. The highest BCUT2D eigenvalue weighted by Crippen LogP contribution is 2.13. The summed E-state index contributed by atoms with van der Waals surface area (Å²) in [4.78, 5) is 40.5. The molecule has 2 heterocycles. The molecular formula is C19H19N3O5. The lowest BCUT2D eigenvalue weighted by atomic mass is 10.2. The quantitative estimate of drug-likeness (QED) is 0.759. The van der Waals surface area contributed by atoms with E-state index in [1.807, 2.05) is 30.3 Å². The number of carbonyl (C=O) groups excluding carboxylic acids is 2. The SMILES string of the molecule is O=C(N[C@H]1CC(=O)N(CCOc2ccccc2)C1)c1ccc(C(=O)O)nc1. The molecule has 0 bridgehead atoms. The molecule has 1 saturated heterocycles. The number of aromatic nitrogens is 1. The number of nitrogens with zero attached hydrogens (tertiary/aromatic N) is 2. The second-order valence-electron chi connectivity index (χ2n) is 6.11. The highest BCUT2D eigenvalue weighted by atomic mass is 16.5. The number of carboxylic acids is 1. The van der Waals surface area contributed by atoms with Crippen molar-refractivity contribution in [2.45, 2.75) is 12.5 Å². The third-order valence-electron chi connectivity index (χ3n) is 4.17. The van der Waals surface area contributed by atoms with E-state index in [9.17, 15) is 14.4 Å². The first-order valence-electron chi connectivity index (χ1n) is 8.49. The number of benzene rings is 1. The molecule has 1 aromatic heterocycles. The summed E-state index contributed by atoms with van der Waals surface area (Å²) in [7, 11) is 0. The third-order valence-corrected chi connectivity index (χ3v) is 4.17. The van der Waals surface area contributed by atoms with Crippen molar-refractivity contribution in [1.82, 2.24) is 15.2 Å². The fraction of sp³-hybridized carbons (Fsp3) is 0.263. The maximum Gasteiger partial charge on any atom is 0.354 e. The van der Waals surface area contributed by atoms with Crippen molar-refractivity contribution in [3.63, 3.8) is 0 Å². The van der Waals surface area contributed by atoms with Gasteiger partial charge in [0.05, 0.1) is 18.2 Å². The number of likely N-dealkylation sites (tertiary alicyclic amines) is 1. The molecule has 1 atom stereocenters. The van der Waals surface area contributed by atoms with Gasteiger partial charge in [-0.1, -0.05) is 18.2 Å². The number of amides is 2. The Kier molecular flexibility index (Phi) is 5.65. The standard InChI is InChI=1S/C19H19N3O5/c23-17-10-14(12-22(17)8-9-27-15-4-2-1-3-5-15)21-18(24)13-6-7-16(19(25)26)20-11-13/h1-7,11,14H,8-10,12H2,(H,21,24)(H,25,26)/t14-/m0/s1. The number of para-hydroxylation sites is 1. The van der Waals surface area contributed by atoms with Crippen molar-refractivity contribution in [3.05, 3.63) is 59.9 Å². The van der Waals surface area contributed by atoms with Crippen LogP contribution in [-0.2, 0) is 4.79 Å². The van der Waals surface area contributed by atoms with E-state index in [1.165, 1.54) is 18.3 Å². The zero-order valence-corrected chi connectivity index (χ0v) is 14.5. The fourth-order valence-corrected chi connectivity index (χ4v) is 2.80. The zero-order valence-electron chi connectivity index (χ0n) is 14.5. The molecule has 1 aromatic carbocycles. The molecule has 0 radical (unpaired) electrons. The fourth-order valence-electron chi connectivity index (χ4n) is 2.80. The van der Waals surface area contributed by atoms with Crippen LogP contribution < -0.4 is 10.1 Å². The molecule has 1 aliphatic rings. The van der Waals surface area contributed by atoms with Gasteiger partial charge in [0.1, 0.15) is 18.1 Å². The van der Waals surface area contributed by atoms with Gasteiger partial charge in [-0.25, -0.2) is 9.78 Å². The first-order chi connectivity index (χ1) is 13.0. The van der Waals surface area contributed by atoms with Gasteiger partial charge in [-0.05, 0) is 24.3 Å². The number of pyridine rings is 1. The first-order valence-corrected chi connectivity index (χ1v) is 8.49. The summed E-state index contributed by atoms with van der Waals surface area (Å²) in [5.74, 6) is -0.848. The Balaban J connectivity index is 1.48. The minimum Gasteiger partial charge on any atom is -0.492 e. The van der Waals surface area contributed by atoms with Crippen molar-refractivity contribution < 1.29 is 24.2 Å². The number of rotatable bonds is 7. The highest BCUT2D eigenvalue weighted by molar-refractivity contribution is 5.95. The van der Waals surface area contributed by atoms with Crippen LogP contribution in [0, 0.1) is 0 Å². The van der Waals surface area contributed by atoms with Crippen molar-refractivity contribution in [1.29, 1.82) is 0 Å². The number of hydrogen-bond donors (Lipinski definition) is 2. The Bertz CT molecular complexity index is 823. The van der Waals surface area contributed by atoms with Gasteiger partial charge >= 0.3 is 5.97 Å². The largest absolute Gasteiger partial charge is 0.492 e. The molecular weight excluding hydrogens is 350 g/mol. The maximum atomic E-state index is 12.2. The van der Waals surface area contributed by atoms with E-state index >= 15 is 0 Å². The molecule has 0 aliphatic carbocycles. The van der Waals surface area contributed by atoms with Crippen molar-refractivity contribution in [3.8, 4) is 5.75 Å². The average molecular weight is 369 g/mol. The first kappa shape index (κ1) is 18.4. The summed E-state index contributed by atoms with van der Waals surface area (Å²) in [6, 6.07) is 11.7. The molecule has 2 N–H and O–H groups in total. The van der Waals surface area contributed by atoms with E-state index in [0.717, 1.165) is 5.75 Å². The Hall–Kier alpha value is -3.42. The van der Waals surface area contributed by atoms with Crippen LogP contribution in [0.4, 0.5) is 0 Å². The van der Waals surface area contributed by atoms with E-state index in [-0.39, 0.29) is 35.5 Å². The second kappa shape index (κ2) is 8.31. The zero-order chi connectivity index (χ0) is 19.2. The topological polar surface area (TPSA) is 109 Å². The lowest BCUT2D eigenvalue weighted by Gasteiger charge is -2.17. The summed E-state index contributed by atoms with van der Waals surface area (Å²) < 4.78 is 5.59. The predicted octanol–water partition coefficient (Wildman–Crippen LogP) is 1.19. The molecule has 27 heavy (non-hydrogen) atoms. The van der Waals surface area contributed by atoms with Crippen molar-refractivity contribution in [2.75, 3.05) is 19.7 Å². The second-order valence-corrected chi connectivity index (χ2v) is 6.11. The Labute approximate surface area is 155 Å². The Morgan fingerprint density at radius 2 is 2.00 bits per heavy atom. The van der Waals surface area contributed by atoms with Gasteiger partial charge in [-0.3, -0.25) is 9.59 Å². The molecule has 1 aliphatic heterocycles. The molecule has 3 rings (SSSR count). The van der Waals surface area contributed by atoms with E-state index < -0.39 is 5.97 Å². The van der Waals surface area contributed by atoms with Crippen LogP contribution >= 0.6 is 0 Å². The van der Waals surface area contributed by atoms with E-state index in [1.54, 1.807) is 4.90 Å². The van der Waals surface area contributed by atoms with Gasteiger partial charge in [0, 0.05) is 19.2 Å². The summed E-state index contributed by atoms with van der Waals surface area (Å²) >= 11 is 0. The van der Waals surface area contributed by atoms with Crippen LogP contribution in [0.5, 0.6) is 5.75 Å². The lowest BCUT2D eigenvalue weighted by Crippen LogP contribution is -2.38. The van der Waals surface area contributed by atoms with Gasteiger partial charge in [0.15, 0.2) is 0 Å². The van der Waals surface area contributed by atoms with Gasteiger partial charge in [0.25, 0.3) is 5.91 Å². The van der Waals surface area contributed by atoms with Crippen molar-refractivity contribution in [2.24, 2.45) is 0 Å². The molecule has 0 spiro atoms. The summed E-state index contributed by atoms with van der Waals surface area (Å²) in [5, 5.41) is 11.6. The minimum atomic E-state index is -1.16. The van der Waals surface area contributed by atoms with Gasteiger partial charge < -0.3 is 20.1 Å². The number of aromatic carboxylic acids is 1. The van der Waals surface area contributed by atoms with Crippen LogP contribution in [0.1, 0.15) is 27.3 Å². The van der Waals surface area contributed by atoms with Gasteiger partial charge in [0.2, 0.25) is 5.91 Å². The molecule has 2 amide bonds. The van der Waals surface area contributed by atoms with Gasteiger partial charge in [-0.2, -0.15) is 0 Å². The maximum absolute atomic E-state index is 12.2. The predicted molar refractivity (Wildman–Crippen MR) is 95.6 cm³/mol. The van der Waals surface area contributed by atoms with Crippen LogP contribution in [0.2, 0.25) is 0 Å². The minimum absolute atomic E-state index is 0.0451. The summed E-state index contributed by atoms with van der Waals surface area (Å²) in [6.45, 7) is 1.22. The third kappa shape index (κ3) is 4.81. The van der Waals surface area contributed by atoms with E-state index in [2.05, 4.69) is 10.3 Å². The monoisotopic (exact) mass is 369 g/mol. The number of hydrogen-bond acceptors (Lipinski definition) is 5. The summed E-state index contributed by atoms with van der Waals surface area (Å²) in [5.41, 5.74) is 0.116. The molecule has 0 saturated carbocycles. The van der Waals surface area contributed by atoms with E-state index in [0.29, 0.717) is 19.7 Å². The molecule has 1 fully saturated rings. The van der Waals surface area contributed by atoms with Gasteiger partial charge in [-0.15, -0.1) is 0 Å². The van der Waals surface area contributed by atoms with Crippen LogP contribution in [0.15, 0.2) is 48.7 Å². The molecule has 8 nitrogen and oxygen atoms in total. The molecule has 140 valence electrons. The average Bonchev–Trinajstić information content (AvgIpc) is 3.01. The number of nitrogens with one attached hydrogen (secondary N) is 1.